The Morgan fingerprint density at radius 3 is 2.47 bits per heavy atom. The molecule has 0 bridgehead atoms. The first-order chi connectivity index (χ1) is 14.9. The molecular weight excluding hydrogens is 471 g/mol. The number of aliphatic imine (C=N–C) groups is 1. The fraction of sp³-hybridized carbons (Fsp3) is 0.300. The number of carbonyl (C=O) groups excluding carboxylic acids is 1. The molecule has 0 spiro atoms. The molecule has 2 atom stereocenters. The lowest BCUT2D eigenvalue weighted by atomic mass is 9.94. The number of nitrogens with zero attached hydrogens (tertiary/aromatic N) is 1. The maximum absolute atomic E-state index is 13.7. The van der Waals surface area contributed by atoms with Crippen LogP contribution in [0.25, 0.3) is 0 Å². The first-order valence-corrected chi connectivity index (χ1v) is 11.4. The quantitative estimate of drug-likeness (QED) is 0.602. The van der Waals surface area contributed by atoms with Crippen molar-refractivity contribution in [3.8, 4) is 0 Å². The topological polar surface area (TPSA) is 96.9 Å². The third-order valence-electron chi connectivity index (χ3n) is 4.82. The Labute approximate surface area is 187 Å². The van der Waals surface area contributed by atoms with Gasteiger partial charge in [-0.15, -0.1) is 0 Å². The number of ether oxygens (including phenoxy) is 1. The van der Waals surface area contributed by atoms with Gasteiger partial charge in [0.15, 0.2) is 15.4 Å². The standard InChI is InChI=1S/C20H19ClF3N3O4S/c1-3-32(29,30)15-10-9-13(21)11-14(15)26-27-18(28)19(2)17(20(22,23)24)31-16(25-19)12-7-5-4-6-8-12/h4-11,17,26H,3H2,1-2H3,(H,27,28). The van der Waals surface area contributed by atoms with Crippen LogP contribution in [0.5, 0.6) is 0 Å². The molecule has 2 aromatic carbocycles. The summed E-state index contributed by atoms with van der Waals surface area (Å²) in [6, 6.07) is 11.7. The number of carbonyl (C=O) groups is 1. The molecule has 7 nitrogen and oxygen atoms in total. The Bertz CT molecular complexity index is 1160. The van der Waals surface area contributed by atoms with Gasteiger partial charge in [-0.2, -0.15) is 13.2 Å². The molecular formula is C20H19ClF3N3O4S. The number of hydrazine groups is 1. The zero-order valence-electron chi connectivity index (χ0n) is 16.9. The van der Waals surface area contributed by atoms with Gasteiger partial charge in [-0.05, 0) is 37.3 Å². The number of rotatable bonds is 6. The van der Waals surface area contributed by atoms with E-state index in [9.17, 15) is 26.4 Å². The van der Waals surface area contributed by atoms with E-state index in [1.165, 1.54) is 37.3 Å². The van der Waals surface area contributed by atoms with E-state index in [0.717, 1.165) is 6.92 Å². The van der Waals surface area contributed by atoms with Gasteiger partial charge in [-0.3, -0.25) is 15.6 Å². The highest BCUT2D eigenvalue weighted by molar-refractivity contribution is 7.91. The summed E-state index contributed by atoms with van der Waals surface area (Å²) in [6.07, 6.45) is -7.45. The summed E-state index contributed by atoms with van der Waals surface area (Å²) in [5, 5.41) is 0.157. The van der Waals surface area contributed by atoms with E-state index in [1.807, 2.05) is 0 Å². The molecule has 1 aliphatic rings. The molecule has 2 aromatic rings. The maximum Gasteiger partial charge on any atom is 0.428 e. The Hall–Kier alpha value is -2.79. The van der Waals surface area contributed by atoms with E-state index >= 15 is 0 Å². The molecule has 32 heavy (non-hydrogen) atoms. The van der Waals surface area contributed by atoms with E-state index < -0.39 is 33.6 Å². The van der Waals surface area contributed by atoms with Crippen LogP contribution in [0.1, 0.15) is 19.4 Å². The second-order valence-electron chi connectivity index (χ2n) is 7.09. The third kappa shape index (κ3) is 4.68. The number of amides is 1. The average molecular weight is 490 g/mol. The second kappa shape index (κ2) is 8.62. The number of sulfone groups is 1. The minimum atomic E-state index is -4.90. The lowest BCUT2D eigenvalue weighted by Gasteiger charge is -2.28. The first kappa shape index (κ1) is 23.9. The molecule has 1 amide bonds. The van der Waals surface area contributed by atoms with Crippen LogP contribution in [0.2, 0.25) is 5.02 Å². The number of alkyl halides is 3. The normalized spacial score (nSPS) is 20.9. The van der Waals surface area contributed by atoms with Gasteiger partial charge in [0.1, 0.15) is 0 Å². The molecule has 0 saturated heterocycles. The SMILES string of the molecule is CCS(=O)(=O)c1ccc(Cl)cc1NNC(=O)C1(C)N=C(c2ccccc2)OC1C(F)(F)F. The number of nitrogens with one attached hydrogen (secondary N) is 2. The molecule has 2 N–H and O–H groups in total. The third-order valence-corrected chi connectivity index (χ3v) is 6.84. The van der Waals surface area contributed by atoms with E-state index in [-0.39, 0.29) is 32.8 Å². The summed E-state index contributed by atoms with van der Waals surface area (Å²) < 4.78 is 70.7. The van der Waals surface area contributed by atoms with Crippen molar-refractivity contribution in [1.82, 2.24) is 5.43 Å². The smallest absolute Gasteiger partial charge is 0.428 e. The van der Waals surface area contributed by atoms with Crippen molar-refractivity contribution >= 4 is 38.9 Å². The van der Waals surface area contributed by atoms with Crippen molar-refractivity contribution in [3.05, 3.63) is 59.1 Å². The molecule has 12 heteroatoms. The number of benzene rings is 2. The molecule has 0 aromatic heterocycles. The monoisotopic (exact) mass is 489 g/mol. The van der Waals surface area contributed by atoms with Crippen LogP contribution < -0.4 is 10.9 Å². The van der Waals surface area contributed by atoms with Crippen LogP contribution in [0.4, 0.5) is 18.9 Å². The lowest BCUT2D eigenvalue weighted by molar-refractivity contribution is -0.209. The van der Waals surface area contributed by atoms with Crippen LogP contribution in [-0.4, -0.2) is 43.8 Å². The number of anilines is 1. The van der Waals surface area contributed by atoms with Gasteiger partial charge in [0.25, 0.3) is 5.91 Å². The highest BCUT2D eigenvalue weighted by Gasteiger charge is 2.61. The van der Waals surface area contributed by atoms with E-state index in [1.54, 1.807) is 18.2 Å². The average Bonchev–Trinajstić information content (AvgIpc) is 3.12. The van der Waals surface area contributed by atoms with Gasteiger partial charge >= 0.3 is 6.18 Å². The number of hydrogen-bond donors (Lipinski definition) is 2. The first-order valence-electron chi connectivity index (χ1n) is 9.36. The van der Waals surface area contributed by atoms with Crippen molar-refractivity contribution in [2.75, 3.05) is 11.2 Å². The van der Waals surface area contributed by atoms with E-state index in [2.05, 4.69) is 15.8 Å². The van der Waals surface area contributed by atoms with Crippen LogP contribution in [-0.2, 0) is 19.4 Å². The summed E-state index contributed by atoms with van der Waals surface area (Å²) in [5.74, 6) is -1.74. The molecule has 172 valence electrons. The van der Waals surface area contributed by atoms with Crippen molar-refractivity contribution in [2.45, 2.75) is 36.6 Å². The number of hydrogen-bond acceptors (Lipinski definition) is 6. The molecule has 1 aliphatic heterocycles. The van der Waals surface area contributed by atoms with Crippen molar-refractivity contribution in [3.63, 3.8) is 0 Å². The molecule has 0 saturated carbocycles. The molecule has 0 aliphatic carbocycles. The lowest BCUT2D eigenvalue weighted by Crippen LogP contribution is -2.56. The Morgan fingerprint density at radius 1 is 1.22 bits per heavy atom. The van der Waals surface area contributed by atoms with Crippen LogP contribution in [0.15, 0.2) is 58.4 Å². The minimum Gasteiger partial charge on any atom is -0.461 e. The van der Waals surface area contributed by atoms with E-state index in [0.29, 0.717) is 0 Å². The highest BCUT2D eigenvalue weighted by Crippen LogP contribution is 2.39. The van der Waals surface area contributed by atoms with Crippen molar-refractivity contribution in [1.29, 1.82) is 0 Å². The molecule has 2 unspecified atom stereocenters. The predicted molar refractivity (Wildman–Crippen MR) is 113 cm³/mol. The highest BCUT2D eigenvalue weighted by atomic mass is 35.5. The summed E-state index contributed by atoms with van der Waals surface area (Å²) >= 11 is 5.91. The van der Waals surface area contributed by atoms with Gasteiger partial charge in [0.2, 0.25) is 12.0 Å². The predicted octanol–water partition coefficient (Wildman–Crippen LogP) is 3.74. The minimum absolute atomic E-state index is 0.0916. The number of halogens is 4. The summed E-state index contributed by atoms with van der Waals surface area (Å²) in [5.41, 5.74) is 2.30. The fourth-order valence-corrected chi connectivity index (χ4v) is 4.27. The fourth-order valence-electron chi connectivity index (χ4n) is 3.07. The Morgan fingerprint density at radius 2 is 1.88 bits per heavy atom. The Kier molecular flexibility index (Phi) is 6.43. The van der Waals surface area contributed by atoms with Gasteiger partial charge in [-0.25, -0.2) is 13.4 Å². The second-order valence-corrected chi connectivity index (χ2v) is 9.78. The van der Waals surface area contributed by atoms with Gasteiger partial charge < -0.3 is 4.74 Å². The van der Waals surface area contributed by atoms with E-state index in [4.69, 9.17) is 16.3 Å². The molecule has 0 radical (unpaired) electrons. The summed E-state index contributed by atoms with van der Waals surface area (Å²) in [6.45, 7) is 2.41. The van der Waals surface area contributed by atoms with Gasteiger partial charge in [-0.1, -0.05) is 36.7 Å². The maximum atomic E-state index is 13.7. The van der Waals surface area contributed by atoms with Crippen LogP contribution >= 0.6 is 11.6 Å². The van der Waals surface area contributed by atoms with Crippen molar-refractivity contribution in [2.24, 2.45) is 4.99 Å². The Balaban J connectivity index is 1.92. The van der Waals surface area contributed by atoms with Crippen LogP contribution in [0, 0.1) is 0 Å². The zero-order valence-corrected chi connectivity index (χ0v) is 18.5. The van der Waals surface area contributed by atoms with Crippen LogP contribution in [0.3, 0.4) is 0 Å². The summed E-state index contributed by atoms with van der Waals surface area (Å²) in [4.78, 5) is 16.6. The molecule has 1 heterocycles. The zero-order chi connectivity index (χ0) is 23.7. The van der Waals surface area contributed by atoms with Gasteiger partial charge in [0, 0.05) is 10.6 Å². The van der Waals surface area contributed by atoms with Gasteiger partial charge in [0.05, 0.1) is 16.3 Å². The van der Waals surface area contributed by atoms with Crippen molar-refractivity contribution < 1.29 is 31.1 Å². The molecule has 3 rings (SSSR count). The molecule has 0 fully saturated rings. The summed E-state index contributed by atoms with van der Waals surface area (Å²) in [7, 11) is -3.71. The largest absolute Gasteiger partial charge is 0.461 e.